The van der Waals surface area contributed by atoms with Crippen molar-refractivity contribution >= 4 is 17.2 Å². The maximum Gasteiger partial charge on any atom is 0.416 e. The minimum Gasteiger partial charge on any atom is -0.435 e. The average molecular weight is 581 g/mol. The number of nitrogens with one attached hydrogen (secondary N) is 1. The minimum atomic E-state index is -4.54. The van der Waals surface area contributed by atoms with Crippen molar-refractivity contribution < 1.29 is 22.7 Å². The van der Waals surface area contributed by atoms with Crippen LogP contribution >= 0.6 is 0 Å². The molecule has 0 bridgehead atoms. The minimum absolute atomic E-state index is 0.104. The number of urea groups is 1. The van der Waals surface area contributed by atoms with Gasteiger partial charge < -0.3 is 19.9 Å². The van der Waals surface area contributed by atoms with Crippen LogP contribution in [0.1, 0.15) is 29.3 Å². The number of aromatic nitrogens is 4. The van der Waals surface area contributed by atoms with Crippen LogP contribution in [-0.4, -0.2) is 79.6 Å². The maximum absolute atomic E-state index is 14.0. The van der Waals surface area contributed by atoms with Gasteiger partial charge in [-0.25, -0.2) is 9.31 Å². The van der Waals surface area contributed by atoms with Crippen LogP contribution in [0.3, 0.4) is 0 Å². The zero-order chi connectivity index (χ0) is 29.3. The van der Waals surface area contributed by atoms with E-state index in [1.165, 1.54) is 12.4 Å². The van der Waals surface area contributed by atoms with Crippen molar-refractivity contribution in [2.45, 2.75) is 32.6 Å². The van der Waals surface area contributed by atoms with E-state index in [0.29, 0.717) is 30.1 Å². The first kappa shape index (κ1) is 27.9. The molecule has 1 saturated heterocycles. The molecule has 5 heterocycles. The Morgan fingerprint density at radius 3 is 2.64 bits per heavy atom. The predicted octanol–water partition coefficient (Wildman–Crippen LogP) is 4.66. The van der Waals surface area contributed by atoms with E-state index in [1.807, 2.05) is 17.0 Å². The lowest BCUT2D eigenvalue weighted by Crippen LogP contribution is -2.45. The first-order valence-corrected chi connectivity index (χ1v) is 13.9. The van der Waals surface area contributed by atoms with Crippen molar-refractivity contribution in [1.29, 1.82) is 0 Å². The number of carbonyl (C=O) groups excluding carboxylic acids is 1. The molecule has 0 aliphatic carbocycles. The van der Waals surface area contributed by atoms with E-state index >= 15 is 0 Å². The van der Waals surface area contributed by atoms with E-state index in [0.717, 1.165) is 50.0 Å². The molecule has 2 aliphatic rings. The number of rotatable bonds is 6. The summed E-state index contributed by atoms with van der Waals surface area (Å²) < 4.78 is 49.7. The Kier molecular flexibility index (Phi) is 7.69. The highest BCUT2D eigenvalue weighted by atomic mass is 19.4. The normalized spacial score (nSPS) is 16.4. The number of hydrogen-bond donors (Lipinski definition) is 1. The maximum atomic E-state index is 14.0. The molecule has 1 N–H and O–H groups in total. The van der Waals surface area contributed by atoms with Gasteiger partial charge in [0.05, 0.1) is 11.8 Å². The number of carbonyl (C=O) groups is 1. The van der Waals surface area contributed by atoms with Crippen LogP contribution in [0.4, 0.5) is 23.7 Å². The number of ether oxygens (including phenoxy) is 1. The topological polar surface area (TPSA) is 91.1 Å². The Morgan fingerprint density at radius 1 is 1.05 bits per heavy atom. The van der Waals surface area contributed by atoms with Gasteiger partial charge in [0, 0.05) is 69.8 Å². The zero-order valence-electron chi connectivity index (χ0n) is 23.1. The van der Waals surface area contributed by atoms with Gasteiger partial charge in [-0.1, -0.05) is 13.0 Å². The molecule has 2 amide bonds. The molecule has 6 rings (SSSR count). The Morgan fingerprint density at radius 2 is 1.86 bits per heavy atom. The molecule has 3 aromatic heterocycles. The molecule has 0 spiro atoms. The number of amides is 2. The van der Waals surface area contributed by atoms with Gasteiger partial charge in [0.25, 0.3) is 0 Å². The van der Waals surface area contributed by atoms with Crippen molar-refractivity contribution in [3.8, 4) is 11.6 Å². The molecule has 4 aromatic rings. The van der Waals surface area contributed by atoms with Gasteiger partial charge in [0.15, 0.2) is 0 Å². The van der Waals surface area contributed by atoms with E-state index in [9.17, 15) is 18.0 Å². The Hall–Kier alpha value is -4.23. The summed E-state index contributed by atoms with van der Waals surface area (Å²) in [4.78, 5) is 27.7. The Bertz CT molecular complexity index is 1580. The van der Waals surface area contributed by atoms with Gasteiger partial charge >= 0.3 is 12.2 Å². The number of nitrogens with zero attached hydrogens (tertiary/aromatic N) is 7. The lowest BCUT2D eigenvalue weighted by Gasteiger charge is -2.34. The van der Waals surface area contributed by atoms with E-state index in [-0.39, 0.29) is 24.3 Å². The number of hydrogen-bond acceptors (Lipinski definition) is 7. The quantitative estimate of drug-likeness (QED) is 0.355. The number of anilines is 1. The van der Waals surface area contributed by atoms with Crippen molar-refractivity contribution in [3.05, 3.63) is 77.5 Å². The van der Waals surface area contributed by atoms with Gasteiger partial charge in [-0.05, 0) is 48.0 Å². The number of halogens is 3. The second-order valence-corrected chi connectivity index (χ2v) is 10.5. The van der Waals surface area contributed by atoms with E-state index in [4.69, 9.17) is 4.74 Å². The molecular formula is C29H31F3N8O2. The number of alkyl halides is 3. The number of benzene rings is 1. The second kappa shape index (κ2) is 11.6. The smallest absolute Gasteiger partial charge is 0.416 e. The first-order valence-electron chi connectivity index (χ1n) is 13.9. The highest BCUT2D eigenvalue weighted by Gasteiger charge is 2.34. The molecule has 0 saturated carbocycles. The third-order valence-electron chi connectivity index (χ3n) is 7.79. The summed E-state index contributed by atoms with van der Waals surface area (Å²) in [5, 5.41) is 6.79. The number of pyridine rings is 1. The highest BCUT2D eigenvalue weighted by molar-refractivity contribution is 5.89. The Labute approximate surface area is 240 Å². The fourth-order valence-corrected chi connectivity index (χ4v) is 5.43. The molecule has 42 heavy (non-hydrogen) atoms. The van der Waals surface area contributed by atoms with E-state index < -0.39 is 17.8 Å². The fourth-order valence-electron chi connectivity index (χ4n) is 5.43. The van der Waals surface area contributed by atoms with Crippen LogP contribution in [0.2, 0.25) is 0 Å². The van der Waals surface area contributed by atoms with E-state index in [2.05, 4.69) is 32.2 Å². The fraction of sp³-hybridized carbons (Fsp3) is 0.379. The van der Waals surface area contributed by atoms with Crippen molar-refractivity contribution in [3.63, 3.8) is 0 Å². The van der Waals surface area contributed by atoms with Gasteiger partial charge in [-0.3, -0.25) is 9.88 Å². The van der Waals surface area contributed by atoms with Crippen LogP contribution in [0, 0.1) is 0 Å². The number of likely N-dealkylation sites (N-methyl/N-ethyl adjacent to an activating group) is 1. The predicted molar refractivity (Wildman–Crippen MR) is 149 cm³/mol. The van der Waals surface area contributed by atoms with Crippen molar-refractivity contribution in [2.24, 2.45) is 0 Å². The van der Waals surface area contributed by atoms with Crippen LogP contribution in [-0.2, 0) is 25.7 Å². The molecule has 1 fully saturated rings. The van der Waals surface area contributed by atoms with Gasteiger partial charge in [0.1, 0.15) is 17.6 Å². The van der Waals surface area contributed by atoms with Crippen LogP contribution in [0.15, 0.2) is 55.1 Å². The molecule has 0 unspecified atom stereocenters. The summed E-state index contributed by atoms with van der Waals surface area (Å²) in [7, 11) is 0. The molecule has 10 nitrogen and oxygen atoms in total. The SMILES string of the molecule is CCN1CCN(Cc2ccc(NC(=O)N3CCc4ncc(Oc5ncnn6cccc56)cc4C3)cc2C(F)(F)F)CC1. The molecule has 220 valence electrons. The summed E-state index contributed by atoms with van der Waals surface area (Å²) in [6.07, 6.45) is 0.761. The number of piperazine rings is 1. The lowest BCUT2D eigenvalue weighted by atomic mass is 10.0. The van der Waals surface area contributed by atoms with E-state index in [1.54, 1.807) is 33.9 Å². The molecule has 0 radical (unpaired) electrons. The van der Waals surface area contributed by atoms with Crippen molar-refractivity contribution in [1.82, 2.24) is 34.3 Å². The highest BCUT2D eigenvalue weighted by Crippen LogP contribution is 2.35. The summed E-state index contributed by atoms with van der Waals surface area (Å²) in [6, 6.07) is 9.04. The summed E-state index contributed by atoms with van der Waals surface area (Å²) in [6.45, 7) is 6.97. The standard InChI is InChI=1S/C29H31F3N8O2/c1-2-37-10-12-38(13-11-37)17-20-5-6-22(15-24(20)29(30,31)32)36-28(41)39-9-7-25-21(18-39)14-23(16-33-25)42-27-26-4-3-8-40(26)35-19-34-27/h3-6,8,14-16,19H,2,7,9-13,17-18H2,1H3,(H,36,41). The van der Waals surface area contributed by atoms with Gasteiger partial charge in [0.2, 0.25) is 5.88 Å². The van der Waals surface area contributed by atoms with Gasteiger partial charge in [-0.15, -0.1) is 0 Å². The molecule has 0 atom stereocenters. The second-order valence-electron chi connectivity index (χ2n) is 10.5. The summed E-state index contributed by atoms with van der Waals surface area (Å²) in [5.41, 5.74) is 1.91. The third-order valence-corrected chi connectivity index (χ3v) is 7.79. The number of fused-ring (bicyclic) bond motifs is 2. The zero-order valence-corrected chi connectivity index (χ0v) is 23.1. The van der Waals surface area contributed by atoms with Crippen LogP contribution in [0.25, 0.3) is 5.52 Å². The van der Waals surface area contributed by atoms with Gasteiger partial charge in [-0.2, -0.15) is 23.3 Å². The first-order chi connectivity index (χ1) is 20.3. The Balaban J connectivity index is 1.13. The monoisotopic (exact) mass is 580 g/mol. The summed E-state index contributed by atoms with van der Waals surface area (Å²) >= 11 is 0. The van der Waals surface area contributed by atoms with Crippen LogP contribution in [0.5, 0.6) is 11.6 Å². The molecule has 13 heteroatoms. The van der Waals surface area contributed by atoms with Crippen molar-refractivity contribution in [2.75, 3.05) is 44.6 Å². The average Bonchev–Trinajstić information content (AvgIpc) is 3.47. The largest absolute Gasteiger partial charge is 0.435 e. The lowest BCUT2D eigenvalue weighted by molar-refractivity contribution is -0.138. The van der Waals surface area contributed by atoms with Crippen LogP contribution < -0.4 is 10.1 Å². The third kappa shape index (κ3) is 6.02. The molecular weight excluding hydrogens is 549 g/mol. The molecule has 2 aliphatic heterocycles. The molecule has 1 aromatic carbocycles. The summed E-state index contributed by atoms with van der Waals surface area (Å²) in [5.74, 6) is 0.827.